The molecular formula is C17H19NO2. The van der Waals surface area contributed by atoms with Gasteiger partial charge in [0.15, 0.2) is 0 Å². The number of benzene rings is 2. The standard InChI is InChI=1S/C17H19NO2/c1-4-18(14-6-5-7-15(19)11-14)17(20)16-10-12(2)8-9-13(16)3/h5-11,19H,4H2,1-3H3. The fourth-order valence-corrected chi connectivity index (χ4v) is 2.22. The van der Waals surface area contributed by atoms with Crippen molar-refractivity contribution < 1.29 is 9.90 Å². The Morgan fingerprint density at radius 3 is 2.55 bits per heavy atom. The van der Waals surface area contributed by atoms with Crippen LogP contribution in [0.5, 0.6) is 5.75 Å². The van der Waals surface area contributed by atoms with Crippen LogP contribution >= 0.6 is 0 Å². The summed E-state index contributed by atoms with van der Waals surface area (Å²) in [4.78, 5) is 14.4. The molecule has 1 amide bonds. The largest absolute Gasteiger partial charge is 0.508 e. The summed E-state index contributed by atoms with van der Waals surface area (Å²) in [6, 6.07) is 12.6. The fourth-order valence-electron chi connectivity index (χ4n) is 2.22. The quantitative estimate of drug-likeness (QED) is 0.923. The number of carbonyl (C=O) groups excluding carboxylic acids is 1. The van der Waals surface area contributed by atoms with Crippen LogP contribution in [0.25, 0.3) is 0 Å². The molecule has 0 bridgehead atoms. The van der Waals surface area contributed by atoms with Gasteiger partial charge in [0, 0.05) is 23.9 Å². The summed E-state index contributed by atoms with van der Waals surface area (Å²) in [5, 5.41) is 9.57. The van der Waals surface area contributed by atoms with E-state index in [1.54, 1.807) is 23.1 Å². The third-order valence-corrected chi connectivity index (χ3v) is 3.33. The minimum atomic E-state index is -0.0423. The highest BCUT2D eigenvalue weighted by Gasteiger charge is 2.18. The van der Waals surface area contributed by atoms with Crippen LogP contribution in [0.4, 0.5) is 5.69 Å². The van der Waals surface area contributed by atoms with Crippen LogP contribution in [0.3, 0.4) is 0 Å². The van der Waals surface area contributed by atoms with Gasteiger partial charge in [-0.2, -0.15) is 0 Å². The summed E-state index contributed by atoms with van der Waals surface area (Å²) in [5.41, 5.74) is 3.43. The Bertz CT molecular complexity index is 635. The Labute approximate surface area is 119 Å². The third-order valence-electron chi connectivity index (χ3n) is 3.33. The Kier molecular flexibility index (Phi) is 4.08. The van der Waals surface area contributed by atoms with Crippen molar-refractivity contribution in [1.29, 1.82) is 0 Å². The Balaban J connectivity index is 2.41. The zero-order valence-electron chi connectivity index (χ0n) is 12.1. The number of carbonyl (C=O) groups is 1. The summed E-state index contributed by atoms with van der Waals surface area (Å²) in [5.74, 6) is 0.119. The lowest BCUT2D eigenvalue weighted by Gasteiger charge is -2.22. The van der Waals surface area contributed by atoms with Crippen molar-refractivity contribution in [2.75, 3.05) is 11.4 Å². The van der Waals surface area contributed by atoms with Crippen molar-refractivity contribution in [3.63, 3.8) is 0 Å². The number of hydrogen-bond acceptors (Lipinski definition) is 2. The van der Waals surface area contributed by atoms with Gasteiger partial charge in [0.2, 0.25) is 0 Å². The van der Waals surface area contributed by atoms with Gasteiger partial charge in [-0.3, -0.25) is 4.79 Å². The molecule has 3 nitrogen and oxygen atoms in total. The Morgan fingerprint density at radius 1 is 1.15 bits per heavy atom. The number of aryl methyl sites for hydroxylation is 2. The van der Waals surface area contributed by atoms with Gasteiger partial charge in [-0.15, -0.1) is 0 Å². The molecule has 20 heavy (non-hydrogen) atoms. The second kappa shape index (κ2) is 5.78. The molecule has 1 N–H and O–H groups in total. The molecule has 0 saturated heterocycles. The molecule has 104 valence electrons. The number of anilines is 1. The Hall–Kier alpha value is -2.29. The molecule has 3 heteroatoms. The molecule has 0 aliphatic heterocycles. The van der Waals surface area contributed by atoms with Gasteiger partial charge in [-0.05, 0) is 44.5 Å². The Morgan fingerprint density at radius 2 is 1.90 bits per heavy atom. The molecule has 0 aliphatic rings. The normalized spacial score (nSPS) is 10.3. The summed E-state index contributed by atoms with van der Waals surface area (Å²) >= 11 is 0. The molecule has 0 heterocycles. The lowest BCUT2D eigenvalue weighted by atomic mass is 10.0. The maximum absolute atomic E-state index is 12.7. The van der Waals surface area contributed by atoms with Crippen LogP contribution in [0.1, 0.15) is 28.4 Å². The number of phenols is 1. The summed E-state index contributed by atoms with van der Waals surface area (Å²) in [7, 11) is 0. The molecule has 2 rings (SSSR count). The second-order valence-corrected chi connectivity index (χ2v) is 4.89. The van der Waals surface area contributed by atoms with E-state index in [0.717, 1.165) is 11.1 Å². The van der Waals surface area contributed by atoms with Crippen molar-refractivity contribution in [2.24, 2.45) is 0 Å². The van der Waals surface area contributed by atoms with Gasteiger partial charge in [-0.1, -0.05) is 23.8 Å². The van der Waals surface area contributed by atoms with Crippen molar-refractivity contribution in [3.05, 3.63) is 59.2 Å². The molecule has 2 aromatic carbocycles. The van der Waals surface area contributed by atoms with E-state index in [1.807, 2.05) is 45.0 Å². The van der Waals surface area contributed by atoms with Gasteiger partial charge in [0.25, 0.3) is 5.91 Å². The number of phenolic OH excluding ortho intramolecular Hbond substituents is 1. The average Bonchev–Trinajstić information content (AvgIpc) is 2.42. The molecule has 0 saturated carbocycles. The monoisotopic (exact) mass is 269 g/mol. The molecule has 0 radical (unpaired) electrons. The van der Waals surface area contributed by atoms with Crippen molar-refractivity contribution >= 4 is 11.6 Å². The number of rotatable bonds is 3. The summed E-state index contributed by atoms with van der Waals surface area (Å²) in [6.07, 6.45) is 0. The van der Waals surface area contributed by atoms with Crippen LogP contribution in [0.2, 0.25) is 0 Å². The van der Waals surface area contributed by atoms with E-state index in [4.69, 9.17) is 0 Å². The third kappa shape index (κ3) is 2.82. The molecule has 0 aliphatic carbocycles. The second-order valence-electron chi connectivity index (χ2n) is 4.89. The van der Waals surface area contributed by atoms with Crippen molar-refractivity contribution in [2.45, 2.75) is 20.8 Å². The molecule has 0 atom stereocenters. The lowest BCUT2D eigenvalue weighted by Crippen LogP contribution is -2.31. The average molecular weight is 269 g/mol. The highest BCUT2D eigenvalue weighted by molar-refractivity contribution is 6.07. The summed E-state index contributed by atoms with van der Waals surface area (Å²) < 4.78 is 0. The van der Waals surface area contributed by atoms with E-state index in [-0.39, 0.29) is 11.7 Å². The fraction of sp³-hybridized carbons (Fsp3) is 0.235. The van der Waals surface area contributed by atoms with Gasteiger partial charge in [0.05, 0.1) is 0 Å². The predicted octanol–water partition coefficient (Wildman–Crippen LogP) is 3.68. The van der Waals surface area contributed by atoms with E-state index >= 15 is 0 Å². The molecule has 0 aromatic heterocycles. The van der Waals surface area contributed by atoms with E-state index < -0.39 is 0 Å². The van der Waals surface area contributed by atoms with Crippen molar-refractivity contribution in [3.8, 4) is 5.75 Å². The molecule has 2 aromatic rings. The number of amides is 1. The van der Waals surface area contributed by atoms with E-state index in [9.17, 15) is 9.90 Å². The highest BCUT2D eigenvalue weighted by atomic mass is 16.3. The van der Waals surface area contributed by atoms with Gasteiger partial charge in [0.1, 0.15) is 5.75 Å². The number of aromatic hydroxyl groups is 1. The number of hydrogen-bond donors (Lipinski definition) is 1. The first kappa shape index (κ1) is 14.1. The van der Waals surface area contributed by atoms with E-state index in [0.29, 0.717) is 17.8 Å². The van der Waals surface area contributed by atoms with Gasteiger partial charge >= 0.3 is 0 Å². The predicted molar refractivity (Wildman–Crippen MR) is 81.4 cm³/mol. The van der Waals surface area contributed by atoms with Crippen LogP contribution in [0, 0.1) is 13.8 Å². The van der Waals surface area contributed by atoms with Gasteiger partial charge < -0.3 is 10.0 Å². The van der Waals surface area contributed by atoms with Gasteiger partial charge in [-0.25, -0.2) is 0 Å². The topological polar surface area (TPSA) is 40.5 Å². The molecule has 0 unspecified atom stereocenters. The maximum Gasteiger partial charge on any atom is 0.258 e. The van der Waals surface area contributed by atoms with E-state index in [2.05, 4.69) is 0 Å². The van der Waals surface area contributed by atoms with Crippen molar-refractivity contribution in [1.82, 2.24) is 0 Å². The smallest absolute Gasteiger partial charge is 0.258 e. The van der Waals surface area contributed by atoms with Crippen LogP contribution in [-0.4, -0.2) is 17.6 Å². The molecule has 0 spiro atoms. The molecule has 0 fully saturated rings. The zero-order valence-corrected chi connectivity index (χ0v) is 12.1. The maximum atomic E-state index is 12.7. The first-order valence-electron chi connectivity index (χ1n) is 6.71. The first-order valence-corrected chi connectivity index (χ1v) is 6.71. The van der Waals surface area contributed by atoms with Crippen LogP contribution in [-0.2, 0) is 0 Å². The lowest BCUT2D eigenvalue weighted by molar-refractivity contribution is 0.0987. The minimum absolute atomic E-state index is 0.0423. The van der Waals surface area contributed by atoms with Crippen LogP contribution < -0.4 is 4.90 Å². The zero-order chi connectivity index (χ0) is 14.7. The number of nitrogens with zero attached hydrogens (tertiary/aromatic N) is 1. The summed E-state index contributed by atoms with van der Waals surface area (Å²) in [6.45, 7) is 6.38. The first-order chi connectivity index (χ1) is 9.52. The van der Waals surface area contributed by atoms with Crippen LogP contribution in [0.15, 0.2) is 42.5 Å². The SMILES string of the molecule is CCN(C(=O)c1cc(C)ccc1C)c1cccc(O)c1. The minimum Gasteiger partial charge on any atom is -0.508 e. The highest BCUT2D eigenvalue weighted by Crippen LogP contribution is 2.23. The molecular weight excluding hydrogens is 250 g/mol. The van der Waals surface area contributed by atoms with E-state index in [1.165, 1.54) is 0 Å².